The monoisotopic (exact) mass is 824 g/mol. The van der Waals surface area contributed by atoms with Crippen molar-refractivity contribution >= 4 is 5.91 Å². The average molecular weight is 824 g/mol. The lowest BCUT2D eigenvalue weighted by molar-refractivity contribution is -0.302. The van der Waals surface area contributed by atoms with E-state index in [1.54, 1.807) is 0 Å². The molecule has 1 saturated heterocycles. The predicted molar refractivity (Wildman–Crippen MR) is 240 cm³/mol. The highest BCUT2D eigenvalue weighted by molar-refractivity contribution is 5.76. The highest BCUT2D eigenvalue weighted by Crippen LogP contribution is 2.23. The first kappa shape index (κ1) is 54.7. The van der Waals surface area contributed by atoms with Crippen LogP contribution in [0.5, 0.6) is 0 Å². The Morgan fingerprint density at radius 1 is 0.603 bits per heavy atom. The third kappa shape index (κ3) is 29.8. The van der Waals surface area contributed by atoms with E-state index >= 15 is 0 Å². The zero-order chi connectivity index (χ0) is 42.3. The maximum absolute atomic E-state index is 13.0. The van der Waals surface area contributed by atoms with E-state index < -0.39 is 49.5 Å². The van der Waals surface area contributed by atoms with Crippen molar-refractivity contribution in [2.24, 2.45) is 0 Å². The maximum atomic E-state index is 13.0. The molecule has 0 bridgehead atoms. The van der Waals surface area contributed by atoms with E-state index in [1.165, 1.54) is 148 Å². The van der Waals surface area contributed by atoms with Crippen molar-refractivity contribution in [1.29, 1.82) is 0 Å². The number of rotatable bonds is 41. The number of aliphatic hydroxyl groups excluding tert-OH is 5. The number of amides is 1. The van der Waals surface area contributed by atoms with Crippen LogP contribution in [0.15, 0.2) is 24.3 Å². The van der Waals surface area contributed by atoms with Gasteiger partial charge in [0.25, 0.3) is 0 Å². The molecule has 0 saturated carbocycles. The summed E-state index contributed by atoms with van der Waals surface area (Å²) in [6.45, 7) is 3.74. The van der Waals surface area contributed by atoms with Gasteiger partial charge in [-0.15, -0.1) is 0 Å². The SMILES string of the molecule is CC/C=C\C/C=C\CCCCCCCCCCCCCCCCC(=O)NC(COC1OC(CO)C(O)C(O)C1O)C(O)CCCCCCCCCCCCCCCC. The standard InChI is InChI=1S/C49H93NO8/c1-3-5-7-9-11-13-15-17-19-20-21-22-23-24-25-27-29-31-33-35-37-39-45(53)50-42(41-57-49-48(56)47(55)46(54)44(40-51)58-49)43(52)38-36-34-32-30-28-26-18-16-14-12-10-8-6-4-2/h5,7,11,13,42-44,46-49,51-52,54-56H,3-4,6,8-10,12,14-41H2,1-2H3,(H,50,53)/b7-5-,13-11-. The Kier molecular flexibility index (Phi) is 37.5. The molecule has 0 aliphatic carbocycles. The largest absolute Gasteiger partial charge is 0.394 e. The number of ether oxygens (including phenoxy) is 2. The van der Waals surface area contributed by atoms with E-state index in [0.717, 1.165) is 51.4 Å². The van der Waals surface area contributed by atoms with Gasteiger partial charge in [0.15, 0.2) is 6.29 Å². The summed E-state index contributed by atoms with van der Waals surface area (Å²) in [6.07, 6.45) is 40.4. The smallest absolute Gasteiger partial charge is 0.220 e. The van der Waals surface area contributed by atoms with Crippen molar-refractivity contribution in [3.05, 3.63) is 24.3 Å². The third-order valence-corrected chi connectivity index (χ3v) is 11.8. The minimum Gasteiger partial charge on any atom is -0.394 e. The summed E-state index contributed by atoms with van der Waals surface area (Å²) in [5.41, 5.74) is 0. The second-order valence-corrected chi connectivity index (χ2v) is 17.2. The summed E-state index contributed by atoms with van der Waals surface area (Å²) >= 11 is 0. The van der Waals surface area contributed by atoms with Crippen molar-refractivity contribution in [1.82, 2.24) is 5.32 Å². The Balaban J connectivity index is 2.26. The molecule has 0 aromatic heterocycles. The van der Waals surface area contributed by atoms with Crippen LogP contribution < -0.4 is 5.32 Å². The fourth-order valence-electron chi connectivity index (χ4n) is 7.91. The fourth-order valence-corrected chi connectivity index (χ4v) is 7.91. The number of aliphatic hydroxyl groups is 5. The highest BCUT2D eigenvalue weighted by Gasteiger charge is 2.44. The quantitative estimate of drug-likeness (QED) is 0.0264. The Bertz CT molecular complexity index is 961. The minimum absolute atomic E-state index is 0.135. The van der Waals surface area contributed by atoms with Crippen LogP contribution in [0.2, 0.25) is 0 Å². The molecule has 7 atom stereocenters. The first-order chi connectivity index (χ1) is 28.3. The van der Waals surface area contributed by atoms with E-state index in [0.29, 0.717) is 12.8 Å². The number of allylic oxidation sites excluding steroid dienone is 4. The highest BCUT2D eigenvalue weighted by atomic mass is 16.7. The second kappa shape index (κ2) is 39.8. The zero-order valence-corrected chi connectivity index (χ0v) is 37.6. The minimum atomic E-state index is -1.55. The van der Waals surface area contributed by atoms with Gasteiger partial charge in [0, 0.05) is 6.42 Å². The van der Waals surface area contributed by atoms with Gasteiger partial charge in [0.1, 0.15) is 24.4 Å². The van der Waals surface area contributed by atoms with Gasteiger partial charge in [0.2, 0.25) is 5.91 Å². The fraction of sp³-hybridized carbons (Fsp3) is 0.898. The summed E-state index contributed by atoms with van der Waals surface area (Å²) in [7, 11) is 0. The van der Waals surface area contributed by atoms with Crippen molar-refractivity contribution in [3.63, 3.8) is 0 Å². The lowest BCUT2D eigenvalue weighted by Gasteiger charge is -2.40. The van der Waals surface area contributed by atoms with Gasteiger partial charge in [-0.1, -0.05) is 205 Å². The van der Waals surface area contributed by atoms with E-state index in [-0.39, 0.29) is 12.5 Å². The second-order valence-electron chi connectivity index (χ2n) is 17.2. The summed E-state index contributed by atoms with van der Waals surface area (Å²) in [6, 6.07) is -0.716. The van der Waals surface area contributed by atoms with Gasteiger partial charge >= 0.3 is 0 Å². The molecule has 0 radical (unpaired) electrons. The Hall–Kier alpha value is -1.33. The van der Waals surface area contributed by atoms with Crippen LogP contribution in [0.25, 0.3) is 0 Å². The van der Waals surface area contributed by atoms with Crippen LogP contribution in [0.4, 0.5) is 0 Å². The van der Waals surface area contributed by atoms with Crippen LogP contribution >= 0.6 is 0 Å². The van der Waals surface area contributed by atoms with Gasteiger partial charge < -0.3 is 40.3 Å². The molecule has 1 rings (SSSR count). The third-order valence-electron chi connectivity index (χ3n) is 11.8. The lowest BCUT2D eigenvalue weighted by atomic mass is 9.99. The molecule has 58 heavy (non-hydrogen) atoms. The number of hydrogen-bond donors (Lipinski definition) is 6. The summed E-state index contributed by atoms with van der Waals surface area (Å²) in [5.74, 6) is -0.144. The first-order valence-electron chi connectivity index (χ1n) is 24.5. The summed E-state index contributed by atoms with van der Waals surface area (Å²) in [5, 5.41) is 54.4. The molecule has 1 aliphatic rings. The number of carbonyl (C=O) groups is 1. The summed E-state index contributed by atoms with van der Waals surface area (Å²) < 4.78 is 11.3. The molecule has 6 N–H and O–H groups in total. The van der Waals surface area contributed by atoms with E-state index in [4.69, 9.17) is 9.47 Å². The van der Waals surface area contributed by atoms with Gasteiger partial charge in [0.05, 0.1) is 25.4 Å². The molecule has 0 aromatic rings. The number of carbonyl (C=O) groups excluding carboxylic acids is 1. The average Bonchev–Trinajstić information content (AvgIpc) is 3.22. The van der Waals surface area contributed by atoms with Crippen LogP contribution in [0.3, 0.4) is 0 Å². The predicted octanol–water partition coefficient (Wildman–Crippen LogP) is 10.7. The number of nitrogens with one attached hydrogen (secondary N) is 1. The van der Waals surface area contributed by atoms with Crippen LogP contribution in [0, 0.1) is 0 Å². The molecule has 0 aromatic carbocycles. The van der Waals surface area contributed by atoms with Crippen molar-refractivity contribution in [3.8, 4) is 0 Å². The van der Waals surface area contributed by atoms with Gasteiger partial charge in [-0.3, -0.25) is 4.79 Å². The first-order valence-corrected chi connectivity index (χ1v) is 24.5. The van der Waals surface area contributed by atoms with Gasteiger partial charge in [-0.05, 0) is 38.5 Å². The van der Waals surface area contributed by atoms with E-state index in [2.05, 4.69) is 43.5 Å². The molecular weight excluding hydrogens is 731 g/mol. The van der Waals surface area contributed by atoms with E-state index in [9.17, 15) is 30.3 Å². The van der Waals surface area contributed by atoms with Crippen LogP contribution in [-0.4, -0.2) is 87.5 Å². The van der Waals surface area contributed by atoms with E-state index in [1.807, 2.05) is 0 Å². The van der Waals surface area contributed by atoms with Gasteiger partial charge in [-0.2, -0.15) is 0 Å². The molecule has 9 heteroatoms. The van der Waals surface area contributed by atoms with Crippen molar-refractivity contribution in [2.75, 3.05) is 13.2 Å². The molecule has 1 heterocycles. The molecule has 1 fully saturated rings. The topological polar surface area (TPSA) is 149 Å². The molecule has 342 valence electrons. The molecule has 0 spiro atoms. The Labute approximate surface area is 356 Å². The number of hydrogen-bond acceptors (Lipinski definition) is 8. The molecular formula is C49H93NO8. The summed E-state index contributed by atoms with van der Waals surface area (Å²) in [4.78, 5) is 13.0. The molecule has 1 amide bonds. The lowest BCUT2D eigenvalue weighted by Crippen LogP contribution is -2.60. The van der Waals surface area contributed by atoms with Crippen molar-refractivity contribution in [2.45, 2.75) is 269 Å². The Morgan fingerprint density at radius 3 is 1.57 bits per heavy atom. The molecule has 9 nitrogen and oxygen atoms in total. The van der Waals surface area contributed by atoms with Gasteiger partial charge in [-0.25, -0.2) is 0 Å². The van der Waals surface area contributed by atoms with Crippen LogP contribution in [-0.2, 0) is 14.3 Å². The zero-order valence-electron chi connectivity index (χ0n) is 37.6. The normalized spacial score (nSPS) is 21.0. The number of unbranched alkanes of at least 4 members (excludes halogenated alkanes) is 27. The molecule has 1 aliphatic heterocycles. The van der Waals surface area contributed by atoms with Crippen molar-refractivity contribution < 1.29 is 39.8 Å². The van der Waals surface area contributed by atoms with Crippen LogP contribution in [0.1, 0.15) is 226 Å². The Morgan fingerprint density at radius 2 is 1.07 bits per heavy atom. The maximum Gasteiger partial charge on any atom is 0.220 e. The molecule has 7 unspecified atom stereocenters.